The van der Waals surface area contributed by atoms with Crippen molar-refractivity contribution in [2.75, 3.05) is 0 Å². The quantitative estimate of drug-likeness (QED) is 0.512. The van der Waals surface area contributed by atoms with Crippen LogP contribution < -0.4 is 0 Å². The maximum atomic E-state index is 11.0. The molecule has 0 bridgehead atoms. The van der Waals surface area contributed by atoms with Crippen LogP contribution in [0.1, 0.15) is 31.2 Å². The van der Waals surface area contributed by atoms with Gasteiger partial charge in [-0.15, -0.1) is 0 Å². The molecule has 72 valence electrons. The molecule has 1 aliphatic carbocycles. The first kappa shape index (κ1) is 9.20. The molecule has 0 aromatic heterocycles. The largest absolute Gasteiger partial charge is 0.298 e. The molecule has 1 aliphatic rings. The summed E-state index contributed by atoms with van der Waals surface area (Å²) in [5.74, 6) is 0. The average molecular weight is 186 g/mol. The molecule has 1 fully saturated rings. The summed E-state index contributed by atoms with van der Waals surface area (Å²) < 4.78 is 0. The number of carbonyl (C=O) groups is 1. The first-order valence-electron chi connectivity index (χ1n) is 5.14. The van der Waals surface area contributed by atoms with E-state index in [1.54, 1.807) is 0 Å². The van der Waals surface area contributed by atoms with Gasteiger partial charge in [0, 0.05) is 5.57 Å². The SMILES string of the molecule is O=CC(=C1CCCC1)c1ccccc1. The lowest BCUT2D eigenvalue weighted by atomic mass is 10.0. The summed E-state index contributed by atoms with van der Waals surface area (Å²) in [5, 5.41) is 0. The van der Waals surface area contributed by atoms with Crippen molar-refractivity contribution in [3.8, 4) is 0 Å². The standard InChI is InChI=1S/C13H14O/c14-10-13(12-8-4-5-9-12)11-6-2-1-3-7-11/h1-3,6-7,10H,4-5,8-9H2. The van der Waals surface area contributed by atoms with Crippen LogP contribution in [-0.2, 0) is 4.79 Å². The van der Waals surface area contributed by atoms with Crippen molar-refractivity contribution >= 4 is 11.9 Å². The van der Waals surface area contributed by atoms with E-state index in [9.17, 15) is 4.79 Å². The van der Waals surface area contributed by atoms with E-state index in [1.807, 2.05) is 30.3 Å². The normalized spacial score (nSPS) is 15.6. The molecule has 0 atom stereocenters. The van der Waals surface area contributed by atoms with Crippen LogP contribution in [0.5, 0.6) is 0 Å². The Hall–Kier alpha value is -1.37. The molecule has 1 heteroatoms. The zero-order valence-corrected chi connectivity index (χ0v) is 8.20. The third-order valence-corrected chi connectivity index (χ3v) is 2.79. The molecule has 1 aromatic carbocycles. The molecular weight excluding hydrogens is 172 g/mol. The van der Waals surface area contributed by atoms with Crippen molar-refractivity contribution in [2.24, 2.45) is 0 Å². The van der Waals surface area contributed by atoms with E-state index in [4.69, 9.17) is 0 Å². The van der Waals surface area contributed by atoms with E-state index in [-0.39, 0.29) is 0 Å². The molecular formula is C13H14O. The van der Waals surface area contributed by atoms with Crippen LogP contribution in [0.15, 0.2) is 35.9 Å². The van der Waals surface area contributed by atoms with Crippen molar-refractivity contribution in [3.05, 3.63) is 41.5 Å². The molecule has 0 N–H and O–H groups in total. The minimum atomic E-state index is 0.920. The lowest BCUT2D eigenvalue weighted by Gasteiger charge is -2.04. The zero-order valence-electron chi connectivity index (χ0n) is 8.20. The van der Waals surface area contributed by atoms with E-state index < -0.39 is 0 Å². The van der Waals surface area contributed by atoms with Crippen LogP contribution in [0.3, 0.4) is 0 Å². The summed E-state index contributed by atoms with van der Waals surface area (Å²) in [4.78, 5) is 11.0. The number of rotatable bonds is 2. The van der Waals surface area contributed by atoms with Gasteiger partial charge in [0.2, 0.25) is 0 Å². The number of hydrogen-bond donors (Lipinski definition) is 0. The maximum Gasteiger partial charge on any atom is 0.150 e. The van der Waals surface area contributed by atoms with Crippen LogP contribution in [0, 0.1) is 0 Å². The molecule has 0 amide bonds. The smallest absolute Gasteiger partial charge is 0.150 e. The monoisotopic (exact) mass is 186 g/mol. The Balaban J connectivity index is 2.39. The Bertz CT molecular complexity index is 341. The predicted octanol–water partition coefficient (Wildman–Crippen LogP) is 3.21. The number of hydrogen-bond acceptors (Lipinski definition) is 1. The van der Waals surface area contributed by atoms with Crippen molar-refractivity contribution in [1.82, 2.24) is 0 Å². The van der Waals surface area contributed by atoms with Crippen LogP contribution in [0.25, 0.3) is 5.57 Å². The summed E-state index contributed by atoms with van der Waals surface area (Å²) in [6.45, 7) is 0. The fraction of sp³-hybridized carbons (Fsp3) is 0.308. The van der Waals surface area contributed by atoms with Gasteiger partial charge >= 0.3 is 0 Å². The highest BCUT2D eigenvalue weighted by Crippen LogP contribution is 2.30. The number of allylic oxidation sites excluding steroid dienone is 2. The van der Waals surface area contributed by atoms with Crippen LogP contribution in [0.4, 0.5) is 0 Å². The zero-order chi connectivity index (χ0) is 9.80. The summed E-state index contributed by atoms with van der Waals surface area (Å²) in [7, 11) is 0. The topological polar surface area (TPSA) is 17.1 Å². The summed E-state index contributed by atoms with van der Waals surface area (Å²) in [5.41, 5.74) is 3.33. The third kappa shape index (κ3) is 1.77. The van der Waals surface area contributed by atoms with Gasteiger partial charge in [-0.3, -0.25) is 4.79 Å². The first-order valence-corrected chi connectivity index (χ1v) is 5.14. The molecule has 14 heavy (non-hydrogen) atoms. The lowest BCUT2D eigenvalue weighted by molar-refractivity contribution is -0.103. The van der Waals surface area contributed by atoms with Crippen molar-refractivity contribution in [3.63, 3.8) is 0 Å². The number of carbonyl (C=O) groups excluding carboxylic acids is 1. The highest BCUT2D eigenvalue weighted by Gasteiger charge is 2.12. The van der Waals surface area contributed by atoms with Crippen LogP contribution in [-0.4, -0.2) is 6.29 Å². The lowest BCUT2D eigenvalue weighted by Crippen LogP contribution is -1.89. The molecule has 0 aliphatic heterocycles. The molecule has 1 nitrogen and oxygen atoms in total. The maximum absolute atomic E-state index is 11.0. The first-order chi connectivity index (χ1) is 6.92. The van der Waals surface area contributed by atoms with Crippen molar-refractivity contribution < 1.29 is 4.79 Å². The van der Waals surface area contributed by atoms with Gasteiger partial charge in [0.1, 0.15) is 0 Å². The van der Waals surface area contributed by atoms with Gasteiger partial charge in [-0.2, -0.15) is 0 Å². The third-order valence-electron chi connectivity index (χ3n) is 2.79. The van der Waals surface area contributed by atoms with Gasteiger partial charge < -0.3 is 0 Å². The minimum Gasteiger partial charge on any atom is -0.298 e. The highest BCUT2D eigenvalue weighted by atomic mass is 16.1. The fourth-order valence-electron chi connectivity index (χ4n) is 2.04. The van der Waals surface area contributed by atoms with Gasteiger partial charge in [-0.25, -0.2) is 0 Å². The van der Waals surface area contributed by atoms with Crippen LogP contribution >= 0.6 is 0 Å². The second kappa shape index (κ2) is 4.23. The molecule has 0 unspecified atom stereocenters. The average Bonchev–Trinajstić information content (AvgIpc) is 2.74. The molecule has 1 saturated carbocycles. The fourth-order valence-corrected chi connectivity index (χ4v) is 2.04. The predicted molar refractivity (Wildman–Crippen MR) is 57.9 cm³/mol. The number of benzene rings is 1. The van der Waals surface area contributed by atoms with Gasteiger partial charge in [0.25, 0.3) is 0 Å². The summed E-state index contributed by atoms with van der Waals surface area (Å²) in [6.07, 6.45) is 5.68. The van der Waals surface area contributed by atoms with Crippen molar-refractivity contribution in [2.45, 2.75) is 25.7 Å². The van der Waals surface area contributed by atoms with E-state index in [2.05, 4.69) is 0 Å². The van der Waals surface area contributed by atoms with E-state index >= 15 is 0 Å². The van der Waals surface area contributed by atoms with Gasteiger partial charge in [0.05, 0.1) is 0 Å². The Morgan fingerprint density at radius 1 is 1.07 bits per heavy atom. The Labute approximate surface area is 84.5 Å². The second-order valence-electron chi connectivity index (χ2n) is 3.71. The second-order valence-corrected chi connectivity index (χ2v) is 3.71. The Morgan fingerprint density at radius 3 is 2.29 bits per heavy atom. The van der Waals surface area contributed by atoms with E-state index in [0.29, 0.717) is 0 Å². The van der Waals surface area contributed by atoms with E-state index in [1.165, 1.54) is 18.4 Å². The molecule has 0 spiro atoms. The highest BCUT2D eigenvalue weighted by molar-refractivity contribution is 6.08. The Kier molecular flexibility index (Phi) is 2.78. The number of aldehydes is 1. The van der Waals surface area contributed by atoms with Gasteiger partial charge in [-0.05, 0) is 31.2 Å². The Morgan fingerprint density at radius 2 is 1.71 bits per heavy atom. The van der Waals surface area contributed by atoms with Gasteiger partial charge in [0.15, 0.2) is 6.29 Å². The minimum absolute atomic E-state index is 0.920. The van der Waals surface area contributed by atoms with E-state index in [0.717, 1.165) is 30.3 Å². The van der Waals surface area contributed by atoms with Crippen LogP contribution in [0.2, 0.25) is 0 Å². The summed E-state index contributed by atoms with van der Waals surface area (Å²) >= 11 is 0. The molecule has 1 aromatic rings. The molecule has 0 saturated heterocycles. The molecule has 0 heterocycles. The molecule has 2 rings (SSSR count). The summed E-state index contributed by atoms with van der Waals surface area (Å²) in [6, 6.07) is 9.96. The molecule has 0 radical (unpaired) electrons. The van der Waals surface area contributed by atoms with Gasteiger partial charge in [-0.1, -0.05) is 35.9 Å². The van der Waals surface area contributed by atoms with Crippen molar-refractivity contribution in [1.29, 1.82) is 0 Å².